The lowest BCUT2D eigenvalue weighted by Crippen LogP contribution is -2.27. The topological polar surface area (TPSA) is 51.2 Å². The second-order valence-electron chi connectivity index (χ2n) is 5.57. The van der Waals surface area contributed by atoms with E-state index in [2.05, 4.69) is 10.3 Å². The largest absolute Gasteiger partial charge is 0.444 e. The Hall–Kier alpha value is -2.43. The van der Waals surface area contributed by atoms with Crippen LogP contribution in [0.25, 0.3) is 11.1 Å². The molecule has 1 amide bonds. The molecule has 1 aromatic carbocycles. The molecule has 4 nitrogen and oxygen atoms in total. The second kappa shape index (κ2) is 5.91. The molecule has 2 aromatic rings. The molecule has 110 valence electrons. The highest BCUT2D eigenvalue weighted by Crippen LogP contribution is 2.22. The molecular formula is C16H17FN2O2. The van der Waals surface area contributed by atoms with Crippen LogP contribution in [-0.2, 0) is 4.74 Å². The number of carbonyl (C=O) groups is 1. The van der Waals surface area contributed by atoms with Crippen molar-refractivity contribution in [1.82, 2.24) is 4.98 Å². The lowest BCUT2D eigenvalue weighted by molar-refractivity contribution is 0.0635. The minimum atomic E-state index is -0.579. The summed E-state index contributed by atoms with van der Waals surface area (Å²) in [6, 6.07) is 9.63. The van der Waals surface area contributed by atoms with Gasteiger partial charge in [-0.3, -0.25) is 5.32 Å². The minimum absolute atomic E-state index is 0.314. The molecule has 1 aromatic heterocycles. The highest BCUT2D eigenvalue weighted by molar-refractivity contribution is 5.84. The molecular weight excluding hydrogens is 271 g/mol. The predicted molar refractivity (Wildman–Crippen MR) is 79.5 cm³/mol. The van der Waals surface area contributed by atoms with Gasteiger partial charge in [-0.05, 0) is 56.2 Å². The molecule has 0 radical (unpaired) electrons. The van der Waals surface area contributed by atoms with Crippen LogP contribution in [0, 0.1) is 5.82 Å². The van der Waals surface area contributed by atoms with Crippen molar-refractivity contribution in [2.24, 2.45) is 0 Å². The van der Waals surface area contributed by atoms with E-state index in [1.165, 1.54) is 12.1 Å². The van der Waals surface area contributed by atoms with Crippen molar-refractivity contribution in [3.8, 4) is 11.1 Å². The van der Waals surface area contributed by atoms with E-state index in [4.69, 9.17) is 4.74 Å². The predicted octanol–water partition coefficient (Wildman–Crippen LogP) is 4.23. The molecule has 21 heavy (non-hydrogen) atoms. The summed E-state index contributed by atoms with van der Waals surface area (Å²) in [5.74, 6) is 0.0389. The summed E-state index contributed by atoms with van der Waals surface area (Å²) >= 11 is 0. The summed E-state index contributed by atoms with van der Waals surface area (Å²) in [6.07, 6.45) is 0.971. The van der Waals surface area contributed by atoms with Gasteiger partial charge in [0.15, 0.2) is 0 Å². The van der Waals surface area contributed by atoms with Gasteiger partial charge in [0.1, 0.15) is 17.2 Å². The minimum Gasteiger partial charge on any atom is -0.444 e. The number of ether oxygens (including phenoxy) is 1. The van der Waals surface area contributed by atoms with Crippen LogP contribution in [0.1, 0.15) is 20.8 Å². The summed E-state index contributed by atoms with van der Waals surface area (Å²) in [5.41, 5.74) is 0.893. The Balaban J connectivity index is 2.17. The van der Waals surface area contributed by atoms with E-state index in [0.29, 0.717) is 11.4 Å². The Morgan fingerprint density at radius 3 is 2.57 bits per heavy atom. The van der Waals surface area contributed by atoms with E-state index in [1.54, 1.807) is 51.2 Å². The fourth-order valence-corrected chi connectivity index (χ4v) is 1.75. The number of nitrogens with zero attached hydrogens (tertiary/aromatic N) is 1. The Bertz CT molecular complexity index is 651. The third-order valence-corrected chi connectivity index (χ3v) is 2.55. The summed E-state index contributed by atoms with van der Waals surface area (Å²) < 4.78 is 18.4. The number of carbonyl (C=O) groups excluding carboxylic acids is 1. The van der Waals surface area contributed by atoms with Crippen LogP contribution in [0.4, 0.5) is 15.0 Å². The van der Waals surface area contributed by atoms with Gasteiger partial charge in [-0.25, -0.2) is 14.2 Å². The second-order valence-corrected chi connectivity index (χ2v) is 5.57. The standard InChI is InChI=1S/C16H17FN2O2/c1-16(2,3)21-15(20)19-14-10-12(7-8-18-14)11-5-4-6-13(17)9-11/h4-10H,1-3H3,(H,18,19,20). The number of hydrogen-bond acceptors (Lipinski definition) is 3. The smallest absolute Gasteiger partial charge is 0.413 e. The maximum absolute atomic E-state index is 13.2. The molecule has 0 spiro atoms. The number of hydrogen-bond donors (Lipinski definition) is 1. The average Bonchev–Trinajstić information content (AvgIpc) is 2.36. The first-order chi connectivity index (χ1) is 9.83. The fraction of sp³-hybridized carbons (Fsp3) is 0.250. The first-order valence-corrected chi connectivity index (χ1v) is 6.55. The molecule has 1 N–H and O–H groups in total. The number of nitrogens with one attached hydrogen (secondary N) is 1. The SMILES string of the molecule is CC(C)(C)OC(=O)Nc1cc(-c2cccc(F)c2)ccn1. The van der Waals surface area contributed by atoms with Gasteiger partial charge in [-0.1, -0.05) is 12.1 Å². The lowest BCUT2D eigenvalue weighted by atomic mass is 10.1. The van der Waals surface area contributed by atoms with Gasteiger partial charge in [0.2, 0.25) is 0 Å². The number of halogens is 1. The van der Waals surface area contributed by atoms with E-state index in [9.17, 15) is 9.18 Å². The van der Waals surface area contributed by atoms with Crippen molar-refractivity contribution < 1.29 is 13.9 Å². The van der Waals surface area contributed by atoms with Crippen LogP contribution in [0.5, 0.6) is 0 Å². The number of amides is 1. The highest BCUT2D eigenvalue weighted by Gasteiger charge is 2.16. The van der Waals surface area contributed by atoms with Gasteiger partial charge < -0.3 is 4.74 Å². The van der Waals surface area contributed by atoms with Crippen LogP contribution in [0.2, 0.25) is 0 Å². The number of aromatic nitrogens is 1. The zero-order chi connectivity index (χ0) is 15.5. The normalized spacial score (nSPS) is 11.0. The van der Waals surface area contributed by atoms with Crippen molar-refractivity contribution in [3.63, 3.8) is 0 Å². The molecule has 0 unspecified atom stereocenters. The van der Waals surface area contributed by atoms with E-state index < -0.39 is 11.7 Å². The zero-order valence-corrected chi connectivity index (χ0v) is 12.2. The van der Waals surface area contributed by atoms with Gasteiger partial charge in [-0.2, -0.15) is 0 Å². The fourth-order valence-electron chi connectivity index (χ4n) is 1.75. The van der Waals surface area contributed by atoms with E-state index in [1.807, 2.05) is 0 Å². The van der Waals surface area contributed by atoms with Crippen molar-refractivity contribution in [2.75, 3.05) is 5.32 Å². The summed E-state index contributed by atoms with van der Waals surface area (Å²) in [5, 5.41) is 2.56. The van der Waals surface area contributed by atoms with Crippen LogP contribution >= 0.6 is 0 Å². The van der Waals surface area contributed by atoms with E-state index in [0.717, 1.165) is 5.56 Å². The molecule has 0 fully saturated rings. The van der Waals surface area contributed by atoms with E-state index >= 15 is 0 Å². The van der Waals surface area contributed by atoms with Gasteiger partial charge in [-0.15, -0.1) is 0 Å². The molecule has 0 aliphatic carbocycles. The Kier molecular flexibility index (Phi) is 4.21. The molecule has 1 heterocycles. The Morgan fingerprint density at radius 2 is 1.90 bits per heavy atom. The van der Waals surface area contributed by atoms with Crippen LogP contribution in [-0.4, -0.2) is 16.7 Å². The van der Waals surface area contributed by atoms with Crippen molar-refractivity contribution in [2.45, 2.75) is 26.4 Å². The first-order valence-electron chi connectivity index (χ1n) is 6.55. The van der Waals surface area contributed by atoms with E-state index in [-0.39, 0.29) is 5.82 Å². The van der Waals surface area contributed by atoms with Gasteiger partial charge in [0, 0.05) is 6.20 Å². The molecule has 2 rings (SSSR count). The van der Waals surface area contributed by atoms with Crippen LogP contribution in [0.15, 0.2) is 42.6 Å². The van der Waals surface area contributed by atoms with Crippen molar-refractivity contribution in [3.05, 3.63) is 48.4 Å². The van der Waals surface area contributed by atoms with Gasteiger partial charge in [0.05, 0.1) is 0 Å². The summed E-state index contributed by atoms with van der Waals surface area (Å²) in [7, 11) is 0. The maximum Gasteiger partial charge on any atom is 0.413 e. The first kappa shape index (κ1) is 15.0. The summed E-state index contributed by atoms with van der Waals surface area (Å²) in [4.78, 5) is 15.7. The van der Waals surface area contributed by atoms with Gasteiger partial charge >= 0.3 is 6.09 Å². The Morgan fingerprint density at radius 1 is 1.19 bits per heavy atom. The van der Waals surface area contributed by atoms with Crippen LogP contribution < -0.4 is 5.32 Å². The number of anilines is 1. The average molecular weight is 288 g/mol. The lowest BCUT2D eigenvalue weighted by Gasteiger charge is -2.19. The number of rotatable bonds is 2. The number of benzene rings is 1. The molecule has 5 heteroatoms. The van der Waals surface area contributed by atoms with Crippen molar-refractivity contribution >= 4 is 11.9 Å². The monoisotopic (exact) mass is 288 g/mol. The molecule has 0 saturated heterocycles. The van der Waals surface area contributed by atoms with Crippen LogP contribution in [0.3, 0.4) is 0 Å². The summed E-state index contributed by atoms with van der Waals surface area (Å²) in [6.45, 7) is 5.34. The van der Waals surface area contributed by atoms with Crippen molar-refractivity contribution in [1.29, 1.82) is 0 Å². The molecule has 0 saturated carbocycles. The highest BCUT2D eigenvalue weighted by atomic mass is 19.1. The molecule has 0 aliphatic rings. The number of pyridine rings is 1. The Labute approximate surface area is 123 Å². The molecule has 0 bridgehead atoms. The maximum atomic E-state index is 13.2. The quantitative estimate of drug-likeness (QED) is 0.899. The van der Waals surface area contributed by atoms with Gasteiger partial charge in [0.25, 0.3) is 0 Å². The third-order valence-electron chi connectivity index (χ3n) is 2.55. The molecule has 0 atom stereocenters. The molecule has 0 aliphatic heterocycles. The third kappa shape index (κ3) is 4.56. The zero-order valence-electron chi connectivity index (χ0n) is 12.2.